The normalized spacial score (nSPS) is 16.8. The van der Waals surface area contributed by atoms with Gasteiger partial charge in [-0.2, -0.15) is 0 Å². The minimum absolute atomic E-state index is 0. The van der Waals surface area contributed by atoms with Crippen LogP contribution >= 0.6 is 0 Å². The molecule has 4 heteroatoms. The summed E-state index contributed by atoms with van der Waals surface area (Å²) in [6.07, 6.45) is 2.77. The van der Waals surface area contributed by atoms with Crippen LogP contribution in [0.25, 0.3) is 0 Å². The summed E-state index contributed by atoms with van der Waals surface area (Å²) in [6.45, 7) is 3.34. The highest BCUT2D eigenvalue weighted by Crippen LogP contribution is 2.15. The SMILES string of the molecule is [Cl-].c1ccc(COc2ccc(CNCC3CCCO3)cc2)cc1. The van der Waals surface area contributed by atoms with Crippen LogP contribution in [0.15, 0.2) is 54.6 Å². The number of hydrogen-bond acceptors (Lipinski definition) is 3. The van der Waals surface area contributed by atoms with Crippen LogP contribution in [0.3, 0.4) is 0 Å². The van der Waals surface area contributed by atoms with E-state index in [0.29, 0.717) is 12.7 Å². The number of benzene rings is 2. The van der Waals surface area contributed by atoms with Gasteiger partial charge in [0.05, 0.1) is 6.10 Å². The van der Waals surface area contributed by atoms with Gasteiger partial charge in [0.1, 0.15) is 12.4 Å². The summed E-state index contributed by atoms with van der Waals surface area (Å²) >= 11 is 0. The molecule has 0 aliphatic carbocycles. The zero-order chi connectivity index (χ0) is 15.0. The van der Waals surface area contributed by atoms with E-state index in [0.717, 1.165) is 25.4 Å². The molecule has 3 nitrogen and oxygen atoms in total. The zero-order valence-corrected chi connectivity index (χ0v) is 14.0. The lowest BCUT2D eigenvalue weighted by Crippen LogP contribution is -3.00. The number of hydrogen-bond donors (Lipinski definition) is 1. The summed E-state index contributed by atoms with van der Waals surface area (Å²) in [5, 5.41) is 3.46. The monoisotopic (exact) mass is 332 g/mol. The molecule has 1 atom stereocenters. The molecule has 0 bridgehead atoms. The molecule has 0 amide bonds. The van der Waals surface area contributed by atoms with Gasteiger partial charge in [0, 0.05) is 19.7 Å². The molecule has 1 heterocycles. The molecule has 23 heavy (non-hydrogen) atoms. The third-order valence-electron chi connectivity index (χ3n) is 3.90. The van der Waals surface area contributed by atoms with Crippen molar-refractivity contribution in [1.29, 1.82) is 0 Å². The van der Waals surface area contributed by atoms with Gasteiger partial charge in [-0.25, -0.2) is 0 Å². The summed E-state index contributed by atoms with van der Waals surface area (Å²) < 4.78 is 11.4. The van der Waals surface area contributed by atoms with Gasteiger partial charge < -0.3 is 27.2 Å². The van der Waals surface area contributed by atoms with E-state index in [4.69, 9.17) is 9.47 Å². The Morgan fingerprint density at radius 1 is 1.00 bits per heavy atom. The molecule has 1 aliphatic heterocycles. The first-order valence-electron chi connectivity index (χ1n) is 7.98. The van der Waals surface area contributed by atoms with E-state index >= 15 is 0 Å². The minimum Gasteiger partial charge on any atom is -1.00 e. The second-order valence-electron chi connectivity index (χ2n) is 5.68. The lowest BCUT2D eigenvalue weighted by atomic mass is 10.2. The molecule has 1 N–H and O–H groups in total. The first-order chi connectivity index (χ1) is 10.9. The fourth-order valence-corrected chi connectivity index (χ4v) is 2.63. The van der Waals surface area contributed by atoms with Crippen molar-refractivity contribution in [2.45, 2.75) is 32.1 Å². The smallest absolute Gasteiger partial charge is 0.119 e. The lowest BCUT2D eigenvalue weighted by Gasteiger charge is -2.11. The fourth-order valence-electron chi connectivity index (χ4n) is 2.63. The molecule has 2 aromatic carbocycles. The number of nitrogens with one attached hydrogen (secondary N) is 1. The molecule has 1 unspecified atom stereocenters. The summed E-state index contributed by atoms with van der Waals surface area (Å²) in [5.41, 5.74) is 2.45. The highest BCUT2D eigenvalue weighted by molar-refractivity contribution is 5.27. The largest absolute Gasteiger partial charge is 1.00 e. The molecular formula is C19H23ClNO2-. The van der Waals surface area contributed by atoms with Gasteiger partial charge in [-0.1, -0.05) is 42.5 Å². The van der Waals surface area contributed by atoms with E-state index in [-0.39, 0.29) is 12.4 Å². The molecule has 0 saturated carbocycles. The molecule has 0 radical (unpaired) electrons. The Labute approximate surface area is 144 Å². The van der Waals surface area contributed by atoms with Crippen molar-refractivity contribution in [3.05, 3.63) is 65.7 Å². The van der Waals surface area contributed by atoms with Crippen LogP contribution in [0, 0.1) is 0 Å². The van der Waals surface area contributed by atoms with Crippen molar-refractivity contribution < 1.29 is 21.9 Å². The number of rotatable bonds is 7. The van der Waals surface area contributed by atoms with Crippen molar-refractivity contribution >= 4 is 0 Å². The summed E-state index contributed by atoms with van der Waals surface area (Å²) in [5.74, 6) is 0.909. The first kappa shape index (κ1) is 17.8. The van der Waals surface area contributed by atoms with Gasteiger partial charge in [0.2, 0.25) is 0 Å². The van der Waals surface area contributed by atoms with E-state index in [1.807, 2.05) is 30.3 Å². The first-order valence-corrected chi connectivity index (χ1v) is 7.98. The van der Waals surface area contributed by atoms with E-state index in [2.05, 4.69) is 29.6 Å². The Morgan fingerprint density at radius 2 is 1.78 bits per heavy atom. The van der Waals surface area contributed by atoms with Crippen molar-refractivity contribution in [3.63, 3.8) is 0 Å². The molecule has 1 fully saturated rings. The van der Waals surface area contributed by atoms with Gasteiger partial charge in [-0.15, -0.1) is 0 Å². The maximum Gasteiger partial charge on any atom is 0.119 e. The van der Waals surface area contributed by atoms with Gasteiger partial charge in [0.15, 0.2) is 0 Å². The summed E-state index contributed by atoms with van der Waals surface area (Å²) in [7, 11) is 0. The molecular weight excluding hydrogens is 310 g/mol. The maximum absolute atomic E-state index is 5.79. The molecule has 2 aromatic rings. The van der Waals surface area contributed by atoms with Crippen molar-refractivity contribution in [1.82, 2.24) is 5.32 Å². The molecule has 0 aromatic heterocycles. The minimum atomic E-state index is 0. The van der Waals surface area contributed by atoms with E-state index < -0.39 is 0 Å². The zero-order valence-electron chi connectivity index (χ0n) is 13.2. The lowest BCUT2D eigenvalue weighted by molar-refractivity contribution is -0.00000614. The second kappa shape index (κ2) is 9.56. The van der Waals surface area contributed by atoms with Crippen LogP contribution in [0.4, 0.5) is 0 Å². The van der Waals surface area contributed by atoms with Crippen LogP contribution in [-0.2, 0) is 17.9 Å². The van der Waals surface area contributed by atoms with E-state index in [1.165, 1.54) is 24.0 Å². The number of halogens is 1. The topological polar surface area (TPSA) is 30.5 Å². The Bertz CT molecular complexity index is 553. The van der Waals surface area contributed by atoms with Gasteiger partial charge in [-0.3, -0.25) is 0 Å². The molecule has 1 aliphatic rings. The summed E-state index contributed by atoms with van der Waals surface area (Å²) in [6, 6.07) is 18.5. The quantitative estimate of drug-likeness (QED) is 0.803. The predicted octanol–water partition coefficient (Wildman–Crippen LogP) is 0.538. The van der Waals surface area contributed by atoms with Gasteiger partial charge in [-0.05, 0) is 36.1 Å². The molecule has 3 rings (SSSR count). The third kappa shape index (κ3) is 5.87. The Kier molecular flexibility index (Phi) is 7.40. The average molecular weight is 333 g/mol. The Hall–Kier alpha value is -1.55. The van der Waals surface area contributed by atoms with Crippen LogP contribution in [0.1, 0.15) is 24.0 Å². The van der Waals surface area contributed by atoms with Crippen molar-refractivity contribution in [3.8, 4) is 5.75 Å². The highest BCUT2D eigenvalue weighted by Gasteiger charge is 2.14. The fraction of sp³-hybridized carbons (Fsp3) is 0.368. The average Bonchev–Trinajstić information content (AvgIpc) is 3.08. The highest BCUT2D eigenvalue weighted by atomic mass is 35.5. The number of ether oxygens (including phenoxy) is 2. The van der Waals surface area contributed by atoms with Crippen LogP contribution in [0.2, 0.25) is 0 Å². The van der Waals surface area contributed by atoms with Crippen LogP contribution in [-0.4, -0.2) is 19.3 Å². The van der Waals surface area contributed by atoms with E-state index in [9.17, 15) is 0 Å². The van der Waals surface area contributed by atoms with Crippen LogP contribution in [0.5, 0.6) is 5.75 Å². The Morgan fingerprint density at radius 3 is 2.48 bits per heavy atom. The molecule has 124 valence electrons. The Balaban J connectivity index is 0.00000192. The van der Waals surface area contributed by atoms with Gasteiger partial charge in [0.25, 0.3) is 0 Å². The predicted molar refractivity (Wildman–Crippen MR) is 87.9 cm³/mol. The summed E-state index contributed by atoms with van der Waals surface area (Å²) in [4.78, 5) is 0. The molecule has 1 saturated heterocycles. The van der Waals surface area contributed by atoms with Gasteiger partial charge >= 0.3 is 0 Å². The van der Waals surface area contributed by atoms with Crippen molar-refractivity contribution in [2.24, 2.45) is 0 Å². The van der Waals surface area contributed by atoms with Crippen LogP contribution < -0.4 is 22.5 Å². The van der Waals surface area contributed by atoms with E-state index in [1.54, 1.807) is 0 Å². The standard InChI is InChI=1S/C19H23NO2.ClH/c1-2-5-17(6-3-1)15-22-18-10-8-16(9-11-18)13-20-14-19-7-4-12-21-19;/h1-3,5-6,8-11,19-20H,4,7,12-15H2;1H/p-1. The second-order valence-corrected chi connectivity index (χ2v) is 5.68. The van der Waals surface area contributed by atoms with Crippen molar-refractivity contribution in [2.75, 3.05) is 13.2 Å². The maximum atomic E-state index is 5.79. The third-order valence-corrected chi connectivity index (χ3v) is 3.90. The molecule has 0 spiro atoms.